The number of hydrogen-bond donors (Lipinski definition) is 1. The fraction of sp³-hybridized carbons (Fsp3) is 0.917. The molecule has 0 saturated carbocycles. The number of nitrogens with two attached hydrogens (primary N) is 1. The number of likely N-dealkylation sites (tertiary alicyclic amines) is 1. The highest BCUT2D eigenvalue weighted by atomic mass is 16.5. The molecule has 94 valence electrons. The van der Waals surface area contributed by atoms with Crippen LogP contribution in [0.4, 0.5) is 0 Å². The largest absolute Gasteiger partial charge is 0.381 e. The molecule has 1 fully saturated rings. The van der Waals surface area contributed by atoms with Gasteiger partial charge in [0.15, 0.2) is 0 Å². The molecule has 0 aromatic carbocycles. The van der Waals surface area contributed by atoms with Crippen LogP contribution in [0.2, 0.25) is 0 Å². The zero-order chi connectivity index (χ0) is 12.0. The minimum atomic E-state index is 0.191. The Hall–Kier alpha value is -0.610. The number of rotatable bonds is 6. The fourth-order valence-corrected chi connectivity index (χ4v) is 2.23. The van der Waals surface area contributed by atoms with E-state index >= 15 is 0 Å². The third kappa shape index (κ3) is 3.46. The van der Waals surface area contributed by atoms with E-state index in [0.29, 0.717) is 25.5 Å². The van der Waals surface area contributed by atoms with Crippen LogP contribution >= 0.6 is 0 Å². The zero-order valence-electron chi connectivity index (χ0n) is 10.4. The zero-order valence-corrected chi connectivity index (χ0v) is 10.4. The van der Waals surface area contributed by atoms with E-state index in [9.17, 15) is 4.79 Å². The smallest absolute Gasteiger partial charge is 0.225 e. The van der Waals surface area contributed by atoms with E-state index in [0.717, 1.165) is 26.0 Å². The monoisotopic (exact) mass is 228 g/mol. The maximum absolute atomic E-state index is 11.9. The molecule has 0 bridgehead atoms. The first-order valence-corrected chi connectivity index (χ1v) is 6.28. The fourth-order valence-electron chi connectivity index (χ4n) is 2.23. The van der Waals surface area contributed by atoms with Crippen LogP contribution in [-0.2, 0) is 9.53 Å². The molecule has 1 saturated heterocycles. The summed E-state index contributed by atoms with van der Waals surface area (Å²) < 4.78 is 5.33. The number of amides is 1. The minimum absolute atomic E-state index is 0.191. The summed E-state index contributed by atoms with van der Waals surface area (Å²) >= 11 is 0. The molecule has 1 amide bonds. The molecular weight excluding hydrogens is 204 g/mol. The molecule has 1 heterocycles. The van der Waals surface area contributed by atoms with Gasteiger partial charge in [-0.25, -0.2) is 0 Å². The van der Waals surface area contributed by atoms with Crippen molar-refractivity contribution >= 4 is 5.91 Å². The highest BCUT2D eigenvalue weighted by molar-refractivity contribution is 5.77. The molecule has 2 atom stereocenters. The molecule has 1 rings (SSSR count). The summed E-state index contributed by atoms with van der Waals surface area (Å²) in [6, 6.07) is 0.235. The Labute approximate surface area is 98.1 Å². The number of ether oxygens (including phenoxy) is 1. The summed E-state index contributed by atoms with van der Waals surface area (Å²) in [5.74, 6) is 0.724. The van der Waals surface area contributed by atoms with E-state index in [2.05, 4.69) is 13.8 Å². The van der Waals surface area contributed by atoms with Crippen LogP contribution in [-0.4, -0.2) is 43.2 Å². The molecule has 4 heteroatoms. The van der Waals surface area contributed by atoms with Crippen molar-refractivity contribution in [2.75, 3.05) is 26.3 Å². The number of carbonyl (C=O) groups excluding carboxylic acids is 1. The van der Waals surface area contributed by atoms with E-state index in [1.807, 2.05) is 4.90 Å². The Morgan fingerprint density at radius 3 is 2.88 bits per heavy atom. The number of hydrogen-bond acceptors (Lipinski definition) is 3. The van der Waals surface area contributed by atoms with E-state index in [1.165, 1.54) is 0 Å². The summed E-state index contributed by atoms with van der Waals surface area (Å²) in [5.41, 5.74) is 5.70. The SMILES string of the molecule is CCCOCCC(=O)N1CCC(C)C1CN. The Kier molecular flexibility index (Phi) is 5.77. The lowest BCUT2D eigenvalue weighted by Gasteiger charge is -2.25. The highest BCUT2D eigenvalue weighted by Crippen LogP contribution is 2.23. The van der Waals surface area contributed by atoms with E-state index in [-0.39, 0.29) is 11.9 Å². The van der Waals surface area contributed by atoms with E-state index < -0.39 is 0 Å². The molecule has 1 aliphatic heterocycles. The lowest BCUT2D eigenvalue weighted by molar-refractivity contribution is -0.133. The van der Waals surface area contributed by atoms with Crippen LogP contribution in [0.3, 0.4) is 0 Å². The molecular formula is C12H24N2O2. The van der Waals surface area contributed by atoms with E-state index in [1.54, 1.807) is 0 Å². The van der Waals surface area contributed by atoms with Gasteiger partial charge in [0.1, 0.15) is 0 Å². The molecule has 0 aliphatic carbocycles. The van der Waals surface area contributed by atoms with Crippen molar-refractivity contribution in [3.05, 3.63) is 0 Å². The van der Waals surface area contributed by atoms with Crippen molar-refractivity contribution in [1.82, 2.24) is 4.90 Å². The van der Waals surface area contributed by atoms with Crippen molar-refractivity contribution in [3.8, 4) is 0 Å². The quantitative estimate of drug-likeness (QED) is 0.690. The third-order valence-electron chi connectivity index (χ3n) is 3.25. The molecule has 2 unspecified atom stereocenters. The lowest BCUT2D eigenvalue weighted by Crippen LogP contribution is -2.42. The first-order chi connectivity index (χ1) is 7.70. The molecule has 1 aliphatic rings. The van der Waals surface area contributed by atoms with E-state index in [4.69, 9.17) is 10.5 Å². The standard InChI is InChI=1S/C12H24N2O2/c1-3-7-16-8-5-12(15)14-6-4-10(2)11(14)9-13/h10-11H,3-9,13H2,1-2H3. The van der Waals surface area contributed by atoms with Crippen molar-refractivity contribution in [2.24, 2.45) is 11.7 Å². The summed E-state index contributed by atoms with van der Waals surface area (Å²) in [6.07, 6.45) is 2.56. The minimum Gasteiger partial charge on any atom is -0.381 e. The van der Waals surface area contributed by atoms with Gasteiger partial charge in [0, 0.05) is 25.7 Å². The second kappa shape index (κ2) is 6.86. The van der Waals surface area contributed by atoms with Crippen LogP contribution in [0.1, 0.15) is 33.1 Å². The van der Waals surface area contributed by atoms with Gasteiger partial charge in [-0.2, -0.15) is 0 Å². The summed E-state index contributed by atoms with van der Waals surface area (Å²) in [5, 5.41) is 0. The normalized spacial score (nSPS) is 25.1. The maximum Gasteiger partial charge on any atom is 0.225 e. The first kappa shape index (κ1) is 13.5. The maximum atomic E-state index is 11.9. The van der Waals surface area contributed by atoms with Crippen LogP contribution < -0.4 is 5.73 Å². The number of carbonyl (C=O) groups is 1. The predicted octanol–water partition coefficient (Wildman–Crippen LogP) is 0.999. The van der Waals surface area contributed by atoms with Gasteiger partial charge in [-0.3, -0.25) is 4.79 Å². The average Bonchev–Trinajstić information content (AvgIpc) is 2.65. The first-order valence-electron chi connectivity index (χ1n) is 6.28. The predicted molar refractivity (Wildman–Crippen MR) is 64.1 cm³/mol. The van der Waals surface area contributed by atoms with Gasteiger partial charge in [0.2, 0.25) is 5.91 Å². The topological polar surface area (TPSA) is 55.6 Å². The Bertz CT molecular complexity index is 221. The average molecular weight is 228 g/mol. The Morgan fingerprint density at radius 1 is 1.50 bits per heavy atom. The van der Waals surface area contributed by atoms with Gasteiger partial charge in [0.05, 0.1) is 13.0 Å². The van der Waals surface area contributed by atoms with Crippen LogP contribution in [0.15, 0.2) is 0 Å². The Balaban J connectivity index is 2.30. The molecule has 0 aromatic rings. The van der Waals surface area contributed by atoms with Crippen molar-refractivity contribution in [1.29, 1.82) is 0 Å². The van der Waals surface area contributed by atoms with Crippen LogP contribution in [0, 0.1) is 5.92 Å². The van der Waals surface area contributed by atoms with Crippen molar-refractivity contribution in [2.45, 2.75) is 39.2 Å². The molecule has 0 aromatic heterocycles. The lowest BCUT2D eigenvalue weighted by atomic mass is 10.0. The van der Waals surface area contributed by atoms with Crippen LogP contribution in [0.5, 0.6) is 0 Å². The van der Waals surface area contributed by atoms with Crippen molar-refractivity contribution in [3.63, 3.8) is 0 Å². The number of nitrogens with zero attached hydrogens (tertiary/aromatic N) is 1. The summed E-state index contributed by atoms with van der Waals surface area (Å²) in [6.45, 7) is 6.93. The van der Waals surface area contributed by atoms with Gasteiger partial charge in [0.25, 0.3) is 0 Å². The third-order valence-corrected chi connectivity index (χ3v) is 3.25. The van der Waals surface area contributed by atoms with Crippen LogP contribution in [0.25, 0.3) is 0 Å². The Morgan fingerprint density at radius 2 is 2.25 bits per heavy atom. The molecule has 4 nitrogen and oxygen atoms in total. The van der Waals surface area contributed by atoms with Gasteiger partial charge in [-0.1, -0.05) is 13.8 Å². The summed E-state index contributed by atoms with van der Waals surface area (Å²) in [4.78, 5) is 13.8. The molecule has 0 radical (unpaired) electrons. The second-order valence-corrected chi connectivity index (χ2v) is 4.52. The second-order valence-electron chi connectivity index (χ2n) is 4.52. The highest BCUT2D eigenvalue weighted by Gasteiger charge is 2.32. The van der Waals surface area contributed by atoms with Gasteiger partial charge in [-0.15, -0.1) is 0 Å². The van der Waals surface area contributed by atoms with Gasteiger partial charge in [-0.05, 0) is 18.8 Å². The molecule has 2 N–H and O–H groups in total. The van der Waals surface area contributed by atoms with Gasteiger partial charge < -0.3 is 15.4 Å². The van der Waals surface area contributed by atoms with Crippen molar-refractivity contribution < 1.29 is 9.53 Å². The molecule has 0 spiro atoms. The van der Waals surface area contributed by atoms with Gasteiger partial charge >= 0.3 is 0 Å². The molecule has 16 heavy (non-hydrogen) atoms. The summed E-state index contributed by atoms with van der Waals surface area (Å²) in [7, 11) is 0.